The van der Waals surface area contributed by atoms with Crippen LogP contribution in [0.1, 0.15) is 11.1 Å². The zero-order valence-corrected chi connectivity index (χ0v) is 20.0. The number of fused-ring (bicyclic) bond motifs is 1. The Morgan fingerprint density at radius 2 is 1.49 bits per heavy atom. The average Bonchev–Trinajstić information content (AvgIpc) is 3.18. The molecule has 0 aliphatic carbocycles. The van der Waals surface area contributed by atoms with E-state index in [0.29, 0.717) is 17.0 Å². The number of nitrogens with zero attached hydrogens (tertiary/aromatic N) is 1. The summed E-state index contributed by atoms with van der Waals surface area (Å²) in [4.78, 5) is 28.9. The molecular formula is C28H23NO5S. The number of hydrogen-bond donors (Lipinski definition) is 1. The van der Waals surface area contributed by atoms with Gasteiger partial charge in [-0.2, -0.15) is 0 Å². The molecule has 2 aliphatic heterocycles. The Bertz CT molecular complexity index is 1330. The smallest absolute Gasteiger partial charge is 0.323 e. The van der Waals surface area contributed by atoms with E-state index in [2.05, 4.69) is 0 Å². The summed E-state index contributed by atoms with van der Waals surface area (Å²) in [6.45, 7) is 0. The summed E-state index contributed by atoms with van der Waals surface area (Å²) in [5.74, 6) is -0.860. The van der Waals surface area contributed by atoms with E-state index in [1.54, 1.807) is 36.3 Å². The van der Waals surface area contributed by atoms with E-state index in [1.165, 1.54) is 18.9 Å². The number of carbonyl (C=O) groups is 2. The van der Waals surface area contributed by atoms with E-state index < -0.39 is 28.9 Å². The van der Waals surface area contributed by atoms with Gasteiger partial charge in [-0.3, -0.25) is 14.5 Å². The van der Waals surface area contributed by atoms with Gasteiger partial charge in [0.2, 0.25) is 0 Å². The average molecular weight is 486 g/mol. The summed E-state index contributed by atoms with van der Waals surface area (Å²) in [5.41, 5.74) is 3.56. The normalized spacial score (nSPS) is 19.6. The topological polar surface area (TPSA) is 76.1 Å². The van der Waals surface area contributed by atoms with Gasteiger partial charge >= 0.3 is 5.97 Å². The lowest BCUT2D eigenvalue weighted by Gasteiger charge is -2.36. The number of anilines is 1. The molecule has 6 nitrogen and oxygen atoms in total. The number of thioether (sulfide) groups is 1. The van der Waals surface area contributed by atoms with Crippen LogP contribution in [-0.2, 0) is 14.3 Å². The van der Waals surface area contributed by atoms with E-state index in [1.807, 2.05) is 60.7 Å². The van der Waals surface area contributed by atoms with E-state index in [-0.39, 0.29) is 0 Å². The summed E-state index contributed by atoms with van der Waals surface area (Å²) in [6, 6.07) is 25.8. The van der Waals surface area contributed by atoms with Crippen molar-refractivity contribution in [3.05, 3.63) is 107 Å². The van der Waals surface area contributed by atoms with Crippen molar-refractivity contribution in [2.24, 2.45) is 0 Å². The quantitative estimate of drug-likeness (QED) is 0.508. The Labute approximate surface area is 207 Å². The minimum Gasteiger partial charge on any atom is -0.503 e. The number of rotatable bonds is 5. The van der Waals surface area contributed by atoms with Crippen molar-refractivity contribution in [3.8, 4) is 5.75 Å². The second-order valence-electron chi connectivity index (χ2n) is 8.08. The molecule has 2 atom stereocenters. The third-order valence-electron chi connectivity index (χ3n) is 6.17. The predicted octanol–water partition coefficient (Wildman–Crippen LogP) is 5.08. The van der Waals surface area contributed by atoms with Crippen LogP contribution in [0.4, 0.5) is 5.69 Å². The molecule has 1 N–H and O–H groups in total. The first kappa shape index (κ1) is 22.8. The highest BCUT2D eigenvalue weighted by Crippen LogP contribution is 2.53. The van der Waals surface area contributed by atoms with Gasteiger partial charge in [0.1, 0.15) is 11.0 Å². The number of esters is 1. The summed E-state index contributed by atoms with van der Waals surface area (Å²) in [6.07, 6.45) is 0. The van der Waals surface area contributed by atoms with Crippen molar-refractivity contribution in [1.29, 1.82) is 0 Å². The Morgan fingerprint density at radius 3 is 2.06 bits per heavy atom. The Morgan fingerprint density at radius 1 is 0.886 bits per heavy atom. The third-order valence-corrected chi connectivity index (χ3v) is 7.54. The molecule has 7 heteroatoms. The molecule has 2 heterocycles. The molecule has 0 fully saturated rings. The van der Waals surface area contributed by atoms with Crippen LogP contribution in [0, 0.1) is 0 Å². The molecule has 3 aromatic carbocycles. The standard InChI is InChI=1S/C28H23NO5S/c1-33-20-15-13-19(14-16-20)29-23-21(17-9-5-3-6-10-17)25(18-11-7-4-8-12-18)35-26(28(32)34-2)22(23)24(30)27(29)31/h3-16,23,26,30H,1-2H3/t23-,26+/m0/s1. The van der Waals surface area contributed by atoms with E-state index in [0.717, 1.165) is 21.6 Å². The van der Waals surface area contributed by atoms with E-state index in [4.69, 9.17) is 9.47 Å². The zero-order valence-electron chi connectivity index (χ0n) is 19.2. The highest BCUT2D eigenvalue weighted by Gasteiger charge is 2.51. The first-order valence-corrected chi connectivity index (χ1v) is 11.9. The largest absolute Gasteiger partial charge is 0.503 e. The van der Waals surface area contributed by atoms with Crippen LogP contribution in [-0.4, -0.2) is 42.5 Å². The van der Waals surface area contributed by atoms with Gasteiger partial charge in [-0.15, -0.1) is 11.8 Å². The van der Waals surface area contributed by atoms with Gasteiger partial charge in [-0.05, 0) is 35.4 Å². The van der Waals surface area contributed by atoms with Gasteiger partial charge in [-0.25, -0.2) is 0 Å². The lowest BCUT2D eigenvalue weighted by molar-refractivity contribution is -0.139. The first-order chi connectivity index (χ1) is 17.0. The molecule has 1 amide bonds. The van der Waals surface area contributed by atoms with Gasteiger partial charge in [0.05, 0.1) is 20.3 Å². The monoisotopic (exact) mass is 485 g/mol. The molecule has 0 unspecified atom stereocenters. The van der Waals surface area contributed by atoms with Crippen molar-refractivity contribution < 1.29 is 24.2 Å². The lowest BCUT2D eigenvalue weighted by Crippen LogP contribution is -2.41. The van der Waals surface area contributed by atoms with Gasteiger partial charge in [0.15, 0.2) is 5.76 Å². The molecule has 3 aromatic rings. The summed E-state index contributed by atoms with van der Waals surface area (Å²) in [5, 5.41) is 10.2. The molecule has 0 saturated heterocycles. The number of methoxy groups -OCH3 is 2. The minimum atomic E-state index is -0.875. The Balaban J connectivity index is 1.80. The summed E-state index contributed by atoms with van der Waals surface area (Å²) < 4.78 is 10.4. The van der Waals surface area contributed by atoms with Crippen LogP contribution in [0.2, 0.25) is 0 Å². The molecule has 35 heavy (non-hydrogen) atoms. The number of aliphatic hydroxyl groups excluding tert-OH is 1. The molecule has 2 aliphatic rings. The molecule has 0 bridgehead atoms. The van der Waals surface area contributed by atoms with Crippen molar-refractivity contribution >= 4 is 39.8 Å². The highest BCUT2D eigenvalue weighted by molar-refractivity contribution is 8.10. The first-order valence-electron chi connectivity index (χ1n) is 11.0. The predicted molar refractivity (Wildman–Crippen MR) is 137 cm³/mol. The maximum Gasteiger partial charge on any atom is 0.323 e. The lowest BCUT2D eigenvalue weighted by atomic mass is 9.88. The van der Waals surface area contributed by atoms with Crippen LogP contribution >= 0.6 is 11.8 Å². The number of hydrogen-bond acceptors (Lipinski definition) is 6. The van der Waals surface area contributed by atoms with Gasteiger partial charge in [0, 0.05) is 21.7 Å². The molecule has 0 radical (unpaired) electrons. The number of benzene rings is 3. The van der Waals surface area contributed by atoms with Crippen LogP contribution in [0.25, 0.3) is 10.5 Å². The maximum absolute atomic E-state index is 13.5. The molecule has 5 rings (SSSR count). The Kier molecular flexibility index (Phi) is 6.09. The fourth-order valence-corrected chi connectivity index (χ4v) is 5.98. The second-order valence-corrected chi connectivity index (χ2v) is 9.19. The molecule has 0 aromatic heterocycles. The number of ether oxygens (including phenoxy) is 2. The number of carbonyl (C=O) groups excluding carboxylic acids is 2. The van der Waals surface area contributed by atoms with Crippen molar-refractivity contribution in [2.75, 3.05) is 19.1 Å². The maximum atomic E-state index is 13.5. The number of aliphatic hydroxyl groups is 1. The fourth-order valence-electron chi connectivity index (χ4n) is 4.56. The molecule has 0 spiro atoms. The summed E-state index contributed by atoms with van der Waals surface area (Å²) in [7, 11) is 2.88. The van der Waals surface area contributed by atoms with E-state index in [9.17, 15) is 14.7 Å². The fraction of sp³-hybridized carbons (Fsp3) is 0.143. The minimum absolute atomic E-state index is 0.334. The van der Waals surface area contributed by atoms with Crippen molar-refractivity contribution in [1.82, 2.24) is 0 Å². The van der Waals surface area contributed by atoms with Gasteiger partial charge in [-0.1, -0.05) is 60.7 Å². The second kappa shape index (κ2) is 9.35. The Hall–Kier alpha value is -3.97. The SMILES string of the molecule is COC(=O)[C@@H]1SC(c2ccccc2)=C(c2ccccc2)[C@H]2C1=C(O)C(=O)N2c1ccc(OC)cc1. The van der Waals surface area contributed by atoms with Crippen molar-refractivity contribution in [2.45, 2.75) is 11.3 Å². The third kappa shape index (κ3) is 3.88. The highest BCUT2D eigenvalue weighted by atomic mass is 32.2. The van der Waals surface area contributed by atoms with Gasteiger partial charge < -0.3 is 14.6 Å². The number of amides is 1. The van der Waals surface area contributed by atoms with Crippen LogP contribution in [0.15, 0.2) is 96.3 Å². The van der Waals surface area contributed by atoms with Crippen LogP contribution in [0.5, 0.6) is 5.75 Å². The summed E-state index contributed by atoms with van der Waals surface area (Å²) >= 11 is 1.29. The zero-order chi connectivity index (χ0) is 24.5. The van der Waals surface area contributed by atoms with Crippen molar-refractivity contribution in [3.63, 3.8) is 0 Å². The van der Waals surface area contributed by atoms with E-state index >= 15 is 0 Å². The molecular weight excluding hydrogens is 462 g/mol. The molecule has 0 saturated carbocycles. The van der Waals surface area contributed by atoms with Crippen LogP contribution < -0.4 is 9.64 Å². The van der Waals surface area contributed by atoms with Crippen LogP contribution in [0.3, 0.4) is 0 Å². The van der Waals surface area contributed by atoms with Gasteiger partial charge in [0.25, 0.3) is 5.91 Å². The molecule has 176 valence electrons.